The topological polar surface area (TPSA) is 49.6 Å². The van der Waals surface area contributed by atoms with Crippen molar-refractivity contribution in [2.45, 2.75) is 25.1 Å². The smallest absolute Gasteiger partial charge is 0.363 e. The summed E-state index contributed by atoms with van der Waals surface area (Å²) < 4.78 is 38.7. The van der Waals surface area contributed by atoms with Crippen LogP contribution in [0.5, 0.6) is 0 Å². The maximum Gasteiger partial charge on any atom is 0.418 e. The maximum absolute atomic E-state index is 12.9. The summed E-state index contributed by atoms with van der Waals surface area (Å²) in [5.74, 6) is 0. The van der Waals surface area contributed by atoms with Gasteiger partial charge in [0.15, 0.2) is 0 Å². The second-order valence-electron chi connectivity index (χ2n) is 5.85. The molecule has 0 bridgehead atoms. The molecule has 9 heteroatoms. The van der Waals surface area contributed by atoms with Gasteiger partial charge in [-0.3, -0.25) is 15.0 Å². The second-order valence-corrected chi connectivity index (χ2v) is 6.26. The van der Waals surface area contributed by atoms with Crippen LogP contribution in [0, 0.1) is 10.1 Å². The zero-order valence-electron chi connectivity index (χ0n) is 12.1. The molecule has 1 aromatic carbocycles. The van der Waals surface area contributed by atoms with E-state index in [0.717, 1.165) is 32.0 Å². The number of rotatable bonds is 2. The first kappa shape index (κ1) is 16.3. The summed E-state index contributed by atoms with van der Waals surface area (Å²) in [7, 11) is 0. The Morgan fingerprint density at radius 1 is 1.26 bits per heavy atom. The van der Waals surface area contributed by atoms with Crippen molar-refractivity contribution in [1.82, 2.24) is 4.90 Å². The van der Waals surface area contributed by atoms with Crippen molar-refractivity contribution in [1.29, 1.82) is 0 Å². The van der Waals surface area contributed by atoms with Crippen molar-refractivity contribution in [2.24, 2.45) is 0 Å². The van der Waals surface area contributed by atoms with Gasteiger partial charge >= 0.3 is 6.18 Å². The number of nitrogens with zero attached hydrogens (tertiary/aromatic N) is 3. The van der Waals surface area contributed by atoms with Crippen molar-refractivity contribution >= 4 is 23.0 Å². The van der Waals surface area contributed by atoms with Crippen LogP contribution < -0.4 is 4.90 Å². The first-order valence-corrected chi connectivity index (χ1v) is 7.69. The van der Waals surface area contributed by atoms with Crippen molar-refractivity contribution in [3.63, 3.8) is 0 Å². The van der Waals surface area contributed by atoms with Crippen LogP contribution in [-0.4, -0.2) is 42.0 Å². The van der Waals surface area contributed by atoms with Crippen LogP contribution in [0.15, 0.2) is 12.1 Å². The second kappa shape index (κ2) is 5.83. The summed E-state index contributed by atoms with van der Waals surface area (Å²) in [6.45, 7) is 2.87. The predicted octanol–water partition coefficient (Wildman–Crippen LogP) is 3.55. The van der Waals surface area contributed by atoms with E-state index in [1.54, 1.807) is 4.90 Å². The molecule has 3 rings (SSSR count). The number of benzene rings is 1. The molecule has 0 N–H and O–H groups in total. The molecule has 0 aromatic heterocycles. The molecule has 5 nitrogen and oxygen atoms in total. The van der Waals surface area contributed by atoms with Crippen LogP contribution >= 0.6 is 11.6 Å². The van der Waals surface area contributed by atoms with E-state index < -0.39 is 27.4 Å². The van der Waals surface area contributed by atoms with Gasteiger partial charge in [-0.15, -0.1) is 0 Å². The molecule has 0 amide bonds. The number of nitro benzene ring substituents is 1. The highest BCUT2D eigenvalue weighted by molar-refractivity contribution is 6.31. The predicted molar refractivity (Wildman–Crippen MR) is 79.9 cm³/mol. The van der Waals surface area contributed by atoms with Crippen LogP contribution in [0.1, 0.15) is 18.4 Å². The van der Waals surface area contributed by atoms with E-state index in [9.17, 15) is 23.3 Å². The number of hydrogen-bond donors (Lipinski definition) is 0. The minimum atomic E-state index is -4.72. The van der Waals surface area contributed by atoms with E-state index in [4.69, 9.17) is 11.6 Å². The summed E-state index contributed by atoms with van der Waals surface area (Å²) in [5.41, 5.74) is -1.55. The fourth-order valence-corrected chi connectivity index (χ4v) is 3.64. The third-order valence-corrected chi connectivity index (χ3v) is 4.81. The summed E-state index contributed by atoms with van der Waals surface area (Å²) in [5, 5.41) is 10.7. The first-order valence-electron chi connectivity index (χ1n) is 7.31. The number of piperazine rings is 1. The fourth-order valence-electron chi connectivity index (χ4n) is 3.38. The Bertz CT molecular complexity index is 638. The number of fused-ring (bicyclic) bond motifs is 1. The largest absolute Gasteiger partial charge is 0.418 e. The lowest BCUT2D eigenvalue weighted by atomic mass is 10.1. The monoisotopic (exact) mass is 349 g/mol. The van der Waals surface area contributed by atoms with Crippen LogP contribution in [0.3, 0.4) is 0 Å². The van der Waals surface area contributed by atoms with Gasteiger partial charge in [-0.2, -0.15) is 13.2 Å². The fraction of sp³-hybridized carbons (Fsp3) is 0.571. The van der Waals surface area contributed by atoms with Crippen molar-refractivity contribution in [2.75, 3.05) is 31.1 Å². The van der Waals surface area contributed by atoms with Crippen molar-refractivity contribution in [3.05, 3.63) is 32.8 Å². The van der Waals surface area contributed by atoms with Crippen molar-refractivity contribution in [3.8, 4) is 0 Å². The summed E-state index contributed by atoms with van der Waals surface area (Å²) in [4.78, 5) is 14.6. The zero-order valence-corrected chi connectivity index (χ0v) is 12.9. The van der Waals surface area contributed by atoms with Crippen LogP contribution in [0.25, 0.3) is 0 Å². The minimum Gasteiger partial charge on any atom is -0.363 e. The average molecular weight is 350 g/mol. The molecule has 2 saturated heterocycles. The number of anilines is 1. The summed E-state index contributed by atoms with van der Waals surface area (Å²) in [6.07, 6.45) is -2.64. The Labute approximate surface area is 135 Å². The first-order chi connectivity index (χ1) is 10.8. The highest BCUT2D eigenvalue weighted by Crippen LogP contribution is 2.42. The summed E-state index contributed by atoms with van der Waals surface area (Å²) >= 11 is 5.74. The van der Waals surface area contributed by atoms with Crippen LogP contribution in [0.2, 0.25) is 5.02 Å². The molecule has 0 aliphatic carbocycles. The van der Waals surface area contributed by atoms with Crippen molar-refractivity contribution < 1.29 is 18.1 Å². The lowest BCUT2D eigenvalue weighted by molar-refractivity contribution is -0.384. The Morgan fingerprint density at radius 3 is 2.65 bits per heavy atom. The third-order valence-electron chi connectivity index (χ3n) is 4.49. The molecule has 0 radical (unpaired) electrons. The molecule has 2 aliphatic heterocycles. The number of hydrogen-bond acceptors (Lipinski definition) is 4. The Kier molecular flexibility index (Phi) is 4.14. The van der Waals surface area contributed by atoms with Gasteiger partial charge in [0.1, 0.15) is 5.69 Å². The van der Waals surface area contributed by atoms with Gasteiger partial charge in [-0.1, -0.05) is 11.6 Å². The zero-order chi connectivity index (χ0) is 16.8. The highest BCUT2D eigenvalue weighted by atomic mass is 35.5. The van der Waals surface area contributed by atoms with E-state index in [-0.39, 0.29) is 5.69 Å². The quantitative estimate of drug-likeness (QED) is 0.605. The van der Waals surface area contributed by atoms with Gasteiger partial charge < -0.3 is 4.90 Å². The van der Waals surface area contributed by atoms with E-state index in [0.29, 0.717) is 25.2 Å². The number of nitro groups is 1. The van der Waals surface area contributed by atoms with Gasteiger partial charge in [0.25, 0.3) is 5.69 Å². The van der Waals surface area contributed by atoms with Gasteiger partial charge in [-0.25, -0.2) is 0 Å². The van der Waals surface area contributed by atoms with E-state index >= 15 is 0 Å². The normalized spacial score (nSPS) is 22.3. The molecule has 0 saturated carbocycles. The van der Waals surface area contributed by atoms with Gasteiger partial charge in [0.2, 0.25) is 0 Å². The van der Waals surface area contributed by atoms with Crippen LogP contribution in [-0.2, 0) is 6.18 Å². The Hall–Kier alpha value is -1.54. The number of alkyl halides is 3. The third kappa shape index (κ3) is 3.10. The van der Waals surface area contributed by atoms with E-state index in [1.165, 1.54) is 0 Å². The molecule has 1 unspecified atom stereocenters. The lowest BCUT2D eigenvalue weighted by Crippen LogP contribution is -2.50. The molecule has 2 heterocycles. The lowest BCUT2D eigenvalue weighted by Gasteiger charge is -2.38. The Morgan fingerprint density at radius 2 is 2.00 bits per heavy atom. The molecule has 0 spiro atoms. The standard InChI is InChI=1S/C14H15ClF3N3O2/c15-11-7-12(13(21(22)23)6-10(11)14(16,17)18)20-5-4-19-3-1-2-9(19)8-20/h6-7,9H,1-5,8H2. The molecule has 1 aromatic rings. The SMILES string of the molecule is O=[N+]([O-])c1cc(C(F)(F)F)c(Cl)cc1N1CCN2CCCC2C1. The maximum atomic E-state index is 12.9. The molecule has 1 atom stereocenters. The molecule has 23 heavy (non-hydrogen) atoms. The molecular formula is C14H15ClF3N3O2. The van der Waals surface area contributed by atoms with E-state index in [2.05, 4.69) is 4.90 Å². The molecular weight excluding hydrogens is 335 g/mol. The molecule has 126 valence electrons. The van der Waals surface area contributed by atoms with E-state index in [1.807, 2.05) is 0 Å². The minimum absolute atomic E-state index is 0.166. The Balaban J connectivity index is 1.98. The van der Waals surface area contributed by atoms with Gasteiger partial charge in [0, 0.05) is 31.7 Å². The van der Waals surface area contributed by atoms with Gasteiger partial charge in [0.05, 0.1) is 15.5 Å². The van der Waals surface area contributed by atoms with Crippen LogP contribution in [0.4, 0.5) is 24.5 Å². The van der Waals surface area contributed by atoms with Gasteiger partial charge in [-0.05, 0) is 25.5 Å². The average Bonchev–Trinajstić information content (AvgIpc) is 2.92. The summed E-state index contributed by atoms with van der Waals surface area (Å²) in [6, 6.07) is 1.91. The number of halogens is 4. The highest BCUT2D eigenvalue weighted by Gasteiger charge is 2.38. The molecule has 2 fully saturated rings. The molecule has 2 aliphatic rings.